The molecule has 0 aromatic heterocycles. The second kappa shape index (κ2) is 7.77. The van der Waals surface area contributed by atoms with Crippen LogP contribution in [0, 0.1) is 20.8 Å². The van der Waals surface area contributed by atoms with Gasteiger partial charge in [-0.2, -0.15) is 0 Å². The van der Waals surface area contributed by atoms with Crippen LogP contribution in [0.15, 0.2) is 23.8 Å². The Hall–Kier alpha value is -1.12. The van der Waals surface area contributed by atoms with Crippen LogP contribution in [0.1, 0.15) is 60.5 Å². The number of hydrogen-bond acceptors (Lipinski definition) is 2. The van der Waals surface area contributed by atoms with Gasteiger partial charge in [0.2, 0.25) is 0 Å². The number of aliphatic hydroxyl groups is 1. The molecule has 0 spiro atoms. The number of nitrogens with one attached hydrogen (secondary N) is 1. The normalized spacial score (nSPS) is 16.7. The standard InChI is InChI=1S/C19H29NO/c1-14-11-15(2)19(16(3)12-14)18(21)13-20-10-9-17-7-5-4-6-8-17/h7,11-12,18,20-21H,4-6,8-10,13H2,1-3H3. The van der Waals surface area contributed by atoms with Crippen molar-refractivity contribution < 1.29 is 5.11 Å². The van der Waals surface area contributed by atoms with Crippen LogP contribution in [0.5, 0.6) is 0 Å². The van der Waals surface area contributed by atoms with Crippen LogP contribution in [-0.2, 0) is 0 Å². The Kier molecular flexibility index (Phi) is 6.01. The van der Waals surface area contributed by atoms with Crippen molar-refractivity contribution in [2.75, 3.05) is 13.1 Å². The third kappa shape index (κ3) is 4.69. The zero-order valence-electron chi connectivity index (χ0n) is 13.7. The second-order valence-corrected chi connectivity index (χ2v) is 6.39. The Morgan fingerprint density at radius 2 is 1.86 bits per heavy atom. The summed E-state index contributed by atoms with van der Waals surface area (Å²) in [6.07, 6.45) is 8.32. The first-order chi connectivity index (χ1) is 10.1. The molecule has 0 fully saturated rings. The number of allylic oxidation sites excluding steroid dienone is 1. The molecule has 1 unspecified atom stereocenters. The summed E-state index contributed by atoms with van der Waals surface area (Å²) >= 11 is 0. The molecule has 2 nitrogen and oxygen atoms in total. The molecule has 0 amide bonds. The van der Waals surface area contributed by atoms with E-state index in [0.717, 1.165) is 18.5 Å². The quantitative estimate of drug-likeness (QED) is 0.609. The molecule has 2 heteroatoms. The lowest BCUT2D eigenvalue weighted by atomic mass is 9.95. The third-order valence-corrected chi connectivity index (χ3v) is 4.42. The molecule has 0 bridgehead atoms. The maximum absolute atomic E-state index is 10.4. The highest BCUT2D eigenvalue weighted by Gasteiger charge is 2.13. The van der Waals surface area contributed by atoms with Crippen LogP contribution in [0.4, 0.5) is 0 Å². The highest BCUT2D eigenvalue weighted by molar-refractivity contribution is 5.39. The Bertz CT molecular complexity index is 481. The molecular weight excluding hydrogens is 258 g/mol. The molecule has 0 saturated heterocycles. The Balaban J connectivity index is 1.82. The van der Waals surface area contributed by atoms with Gasteiger partial charge >= 0.3 is 0 Å². The molecule has 116 valence electrons. The summed E-state index contributed by atoms with van der Waals surface area (Å²) in [7, 11) is 0. The Morgan fingerprint density at radius 3 is 2.48 bits per heavy atom. The predicted octanol–water partition coefficient (Wildman–Crippen LogP) is 4.13. The number of hydrogen-bond donors (Lipinski definition) is 2. The van der Waals surface area contributed by atoms with Crippen LogP contribution < -0.4 is 5.32 Å². The van der Waals surface area contributed by atoms with Gasteiger partial charge in [-0.3, -0.25) is 0 Å². The molecule has 0 aliphatic heterocycles. The van der Waals surface area contributed by atoms with Crippen LogP contribution in [-0.4, -0.2) is 18.2 Å². The van der Waals surface area contributed by atoms with E-state index in [4.69, 9.17) is 0 Å². The SMILES string of the molecule is Cc1cc(C)c(C(O)CNCCC2=CCCCC2)c(C)c1. The second-order valence-electron chi connectivity index (χ2n) is 6.39. The summed E-state index contributed by atoms with van der Waals surface area (Å²) in [6.45, 7) is 7.88. The topological polar surface area (TPSA) is 32.3 Å². The van der Waals surface area contributed by atoms with Gasteiger partial charge in [0.1, 0.15) is 0 Å². The molecule has 2 N–H and O–H groups in total. The summed E-state index contributed by atoms with van der Waals surface area (Å²) in [5.41, 5.74) is 6.32. The van der Waals surface area contributed by atoms with Crippen molar-refractivity contribution in [3.05, 3.63) is 46.0 Å². The minimum Gasteiger partial charge on any atom is -0.387 e. The fourth-order valence-corrected chi connectivity index (χ4v) is 3.44. The summed E-state index contributed by atoms with van der Waals surface area (Å²) < 4.78 is 0. The van der Waals surface area contributed by atoms with Crippen molar-refractivity contribution in [1.82, 2.24) is 5.32 Å². The summed E-state index contributed by atoms with van der Waals surface area (Å²) in [4.78, 5) is 0. The summed E-state index contributed by atoms with van der Waals surface area (Å²) in [6, 6.07) is 4.30. The maximum atomic E-state index is 10.4. The first kappa shape index (κ1) is 16.3. The van der Waals surface area contributed by atoms with Crippen molar-refractivity contribution >= 4 is 0 Å². The molecule has 1 atom stereocenters. The van der Waals surface area contributed by atoms with Gasteiger partial charge < -0.3 is 10.4 Å². The van der Waals surface area contributed by atoms with E-state index >= 15 is 0 Å². The summed E-state index contributed by atoms with van der Waals surface area (Å²) in [5.74, 6) is 0. The van der Waals surface area contributed by atoms with E-state index in [1.54, 1.807) is 5.57 Å². The summed E-state index contributed by atoms with van der Waals surface area (Å²) in [5, 5.41) is 13.8. The van der Waals surface area contributed by atoms with Crippen molar-refractivity contribution in [2.45, 2.75) is 59.0 Å². The van der Waals surface area contributed by atoms with E-state index in [0.29, 0.717) is 6.54 Å². The van der Waals surface area contributed by atoms with Gasteiger partial charge in [0, 0.05) is 6.54 Å². The van der Waals surface area contributed by atoms with E-state index in [9.17, 15) is 5.11 Å². The van der Waals surface area contributed by atoms with E-state index in [2.05, 4.69) is 44.3 Å². The fourth-order valence-electron chi connectivity index (χ4n) is 3.44. The van der Waals surface area contributed by atoms with Crippen LogP contribution in [0.2, 0.25) is 0 Å². The fraction of sp³-hybridized carbons (Fsp3) is 0.579. The monoisotopic (exact) mass is 287 g/mol. The molecule has 1 aliphatic carbocycles. The van der Waals surface area contributed by atoms with Gasteiger partial charge in [0.15, 0.2) is 0 Å². The Labute approximate surface area is 129 Å². The highest BCUT2D eigenvalue weighted by atomic mass is 16.3. The minimum absolute atomic E-state index is 0.411. The van der Waals surface area contributed by atoms with Gasteiger partial charge in [-0.05, 0) is 76.1 Å². The van der Waals surface area contributed by atoms with E-state index < -0.39 is 6.10 Å². The van der Waals surface area contributed by atoms with Crippen LogP contribution in [0.25, 0.3) is 0 Å². The molecule has 1 aromatic rings. The lowest BCUT2D eigenvalue weighted by Gasteiger charge is -2.19. The third-order valence-electron chi connectivity index (χ3n) is 4.42. The first-order valence-electron chi connectivity index (χ1n) is 8.22. The van der Waals surface area contributed by atoms with Gasteiger partial charge in [-0.1, -0.05) is 29.3 Å². The number of rotatable bonds is 6. The smallest absolute Gasteiger partial charge is 0.0919 e. The highest BCUT2D eigenvalue weighted by Crippen LogP contribution is 2.23. The molecule has 1 aliphatic rings. The average Bonchev–Trinajstić information content (AvgIpc) is 2.43. The van der Waals surface area contributed by atoms with E-state index in [-0.39, 0.29) is 0 Å². The molecular formula is C19H29NO. The largest absolute Gasteiger partial charge is 0.387 e. The average molecular weight is 287 g/mol. The molecule has 0 radical (unpaired) electrons. The lowest BCUT2D eigenvalue weighted by Crippen LogP contribution is -2.24. The van der Waals surface area contributed by atoms with Crippen LogP contribution in [0.3, 0.4) is 0 Å². The zero-order chi connectivity index (χ0) is 15.2. The molecule has 21 heavy (non-hydrogen) atoms. The number of aliphatic hydroxyl groups excluding tert-OH is 1. The minimum atomic E-state index is -0.411. The molecule has 0 saturated carbocycles. The van der Waals surface area contributed by atoms with Gasteiger partial charge in [0.25, 0.3) is 0 Å². The van der Waals surface area contributed by atoms with Gasteiger partial charge in [0.05, 0.1) is 6.10 Å². The van der Waals surface area contributed by atoms with Crippen molar-refractivity contribution in [2.24, 2.45) is 0 Å². The first-order valence-corrected chi connectivity index (χ1v) is 8.22. The molecule has 0 heterocycles. The van der Waals surface area contributed by atoms with Gasteiger partial charge in [-0.15, -0.1) is 0 Å². The van der Waals surface area contributed by atoms with Crippen molar-refractivity contribution in [3.8, 4) is 0 Å². The lowest BCUT2D eigenvalue weighted by molar-refractivity contribution is 0.173. The predicted molar refractivity (Wildman–Crippen MR) is 89.7 cm³/mol. The number of benzene rings is 1. The van der Waals surface area contributed by atoms with Gasteiger partial charge in [-0.25, -0.2) is 0 Å². The van der Waals surface area contributed by atoms with E-state index in [1.165, 1.54) is 42.4 Å². The van der Waals surface area contributed by atoms with Crippen LogP contribution >= 0.6 is 0 Å². The van der Waals surface area contributed by atoms with E-state index in [1.807, 2.05) is 0 Å². The van der Waals surface area contributed by atoms with Crippen molar-refractivity contribution in [1.29, 1.82) is 0 Å². The molecule has 1 aromatic carbocycles. The maximum Gasteiger partial charge on any atom is 0.0919 e. The Morgan fingerprint density at radius 1 is 1.14 bits per heavy atom. The molecule has 2 rings (SSSR count). The zero-order valence-corrected chi connectivity index (χ0v) is 13.7. The van der Waals surface area contributed by atoms with Crippen molar-refractivity contribution in [3.63, 3.8) is 0 Å². The number of aryl methyl sites for hydroxylation is 3.